The van der Waals surface area contributed by atoms with Gasteiger partial charge in [-0.15, -0.1) is 0 Å². The summed E-state index contributed by atoms with van der Waals surface area (Å²) in [7, 11) is 0. The number of amides is 1. The van der Waals surface area contributed by atoms with Crippen molar-refractivity contribution in [2.45, 2.75) is 45.8 Å². The van der Waals surface area contributed by atoms with E-state index in [-0.39, 0.29) is 12.0 Å². The summed E-state index contributed by atoms with van der Waals surface area (Å²) >= 11 is 6.02. The largest absolute Gasteiger partial charge is 0.376 e. The zero-order valence-corrected chi connectivity index (χ0v) is 18.7. The third kappa shape index (κ3) is 5.14. The van der Waals surface area contributed by atoms with Gasteiger partial charge in [-0.1, -0.05) is 17.7 Å². The Morgan fingerprint density at radius 1 is 1.26 bits per heavy atom. The van der Waals surface area contributed by atoms with Crippen LogP contribution in [0, 0.1) is 13.8 Å². The molecule has 0 saturated carbocycles. The number of carbonyl (C=O) groups excluding carboxylic acids is 1. The van der Waals surface area contributed by atoms with Crippen LogP contribution in [0.15, 0.2) is 48.8 Å². The van der Waals surface area contributed by atoms with E-state index in [0.717, 1.165) is 47.7 Å². The maximum absolute atomic E-state index is 13.4. The van der Waals surface area contributed by atoms with Gasteiger partial charge in [-0.2, -0.15) is 5.10 Å². The molecule has 1 atom stereocenters. The number of ether oxygens (including phenoxy) is 1. The molecule has 7 heteroatoms. The molecule has 1 amide bonds. The maximum atomic E-state index is 13.4. The van der Waals surface area contributed by atoms with Crippen LogP contribution in [0.2, 0.25) is 5.02 Å². The Bertz CT molecular complexity index is 1030. The van der Waals surface area contributed by atoms with E-state index in [4.69, 9.17) is 16.3 Å². The van der Waals surface area contributed by atoms with Crippen LogP contribution in [0.1, 0.15) is 35.4 Å². The lowest BCUT2D eigenvalue weighted by molar-refractivity contribution is -0.132. The first-order chi connectivity index (χ1) is 15.0. The standard InChI is InChI=1S/C24H27ClN4O2/c1-17-23(18(2)29(27-17)21-9-7-20(25)8-10-21)13-24(30)28(16-22-6-4-12-31-22)15-19-5-3-11-26-14-19/h3,5,7-11,14,22H,4,6,12-13,15-16H2,1-2H3. The van der Waals surface area contributed by atoms with E-state index < -0.39 is 0 Å². The van der Waals surface area contributed by atoms with Gasteiger partial charge in [0.15, 0.2) is 0 Å². The lowest BCUT2D eigenvalue weighted by Crippen LogP contribution is -2.38. The summed E-state index contributed by atoms with van der Waals surface area (Å²) in [5.41, 5.74) is 4.73. The van der Waals surface area contributed by atoms with Crippen molar-refractivity contribution >= 4 is 17.5 Å². The van der Waals surface area contributed by atoms with Crippen molar-refractivity contribution in [2.75, 3.05) is 13.2 Å². The van der Waals surface area contributed by atoms with Crippen molar-refractivity contribution in [3.05, 3.63) is 76.3 Å². The molecule has 1 unspecified atom stereocenters. The van der Waals surface area contributed by atoms with Crippen molar-refractivity contribution in [2.24, 2.45) is 0 Å². The quantitative estimate of drug-likeness (QED) is 0.552. The van der Waals surface area contributed by atoms with Crippen molar-refractivity contribution in [3.8, 4) is 5.69 Å². The third-order valence-electron chi connectivity index (χ3n) is 5.74. The first-order valence-electron chi connectivity index (χ1n) is 10.6. The van der Waals surface area contributed by atoms with Gasteiger partial charge in [-0.05, 0) is 62.6 Å². The van der Waals surface area contributed by atoms with Crippen LogP contribution in [-0.4, -0.2) is 44.8 Å². The molecule has 0 spiro atoms. The number of aryl methyl sites for hydroxylation is 1. The van der Waals surface area contributed by atoms with Gasteiger partial charge < -0.3 is 9.64 Å². The summed E-state index contributed by atoms with van der Waals surface area (Å²) in [5.74, 6) is 0.0706. The summed E-state index contributed by atoms with van der Waals surface area (Å²) < 4.78 is 7.68. The van der Waals surface area contributed by atoms with Gasteiger partial charge in [0.25, 0.3) is 0 Å². The van der Waals surface area contributed by atoms with E-state index in [1.807, 2.05) is 66.0 Å². The van der Waals surface area contributed by atoms with Crippen LogP contribution in [0.5, 0.6) is 0 Å². The number of rotatable bonds is 7. The first-order valence-corrected chi connectivity index (χ1v) is 11.0. The molecular formula is C24H27ClN4O2. The van der Waals surface area contributed by atoms with E-state index in [2.05, 4.69) is 10.1 Å². The monoisotopic (exact) mass is 438 g/mol. The van der Waals surface area contributed by atoms with Gasteiger partial charge in [0, 0.05) is 48.4 Å². The molecule has 3 aromatic rings. The second kappa shape index (κ2) is 9.62. The summed E-state index contributed by atoms with van der Waals surface area (Å²) in [6.07, 6.45) is 5.99. The molecular weight excluding hydrogens is 412 g/mol. The first kappa shape index (κ1) is 21.5. The van der Waals surface area contributed by atoms with E-state index in [9.17, 15) is 4.79 Å². The lowest BCUT2D eigenvalue weighted by atomic mass is 10.1. The summed E-state index contributed by atoms with van der Waals surface area (Å²) in [4.78, 5) is 19.5. The van der Waals surface area contributed by atoms with Gasteiger partial charge in [-0.3, -0.25) is 9.78 Å². The highest BCUT2D eigenvalue weighted by Crippen LogP contribution is 2.22. The van der Waals surface area contributed by atoms with Gasteiger partial charge in [0.2, 0.25) is 5.91 Å². The molecule has 162 valence electrons. The molecule has 0 aliphatic carbocycles. The SMILES string of the molecule is Cc1nn(-c2ccc(Cl)cc2)c(C)c1CC(=O)N(Cc1cccnc1)CC1CCCO1. The Labute approximate surface area is 187 Å². The third-order valence-corrected chi connectivity index (χ3v) is 5.99. The minimum Gasteiger partial charge on any atom is -0.376 e. The molecule has 4 rings (SSSR count). The molecule has 1 fully saturated rings. The highest BCUT2D eigenvalue weighted by molar-refractivity contribution is 6.30. The summed E-state index contributed by atoms with van der Waals surface area (Å²) in [5, 5.41) is 5.36. The average Bonchev–Trinajstić information content (AvgIpc) is 3.38. The molecule has 0 bridgehead atoms. The van der Waals surface area contributed by atoms with Crippen LogP contribution in [0.4, 0.5) is 0 Å². The Kier molecular flexibility index (Phi) is 6.68. The van der Waals surface area contributed by atoms with Gasteiger partial charge >= 0.3 is 0 Å². The molecule has 0 radical (unpaired) electrons. The maximum Gasteiger partial charge on any atom is 0.227 e. The predicted molar refractivity (Wildman–Crippen MR) is 120 cm³/mol. The lowest BCUT2D eigenvalue weighted by Gasteiger charge is -2.25. The predicted octanol–water partition coefficient (Wildman–Crippen LogP) is 4.29. The Hall–Kier alpha value is -2.70. The normalized spacial score (nSPS) is 15.9. The number of nitrogens with zero attached hydrogens (tertiary/aromatic N) is 4. The summed E-state index contributed by atoms with van der Waals surface area (Å²) in [6.45, 7) is 5.84. The molecule has 3 heterocycles. The van der Waals surface area contributed by atoms with Crippen molar-refractivity contribution in [1.29, 1.82) is 0 Å². The number of pyridine rings is 1. The number of carbonyl (C=O) groups is 1. The fourth-order valence-electron chi connectivity index (χ4n) is 4.03. The fourth-order valence-corrected chi connectivity index (χ4v) is 4.15. The van der Waals surface area contributed by atoms with Crippen molar-refractivity contribution < 1.29 is 9.53 Å². The molecule has 1 aliphatic heterocycles. The number of hydrogen-bond donors (Lipinski definition) is 0. The zero-order chi connectivity index (χ0) is 21.8. The van der Waals surface area contributed by atoms with Crippen LogP contribution in [0.25, 0.3) is 5.69 Å². The molecule has 1 aromatic carbocycles. The van der Waals surface area contributed by atoms with Gasteiger partial charge in [0.05, 0.1) is 23.9 Å². The zero-order valence-electron chi connectivity index (χ0n) is 17.9. The Morgan fingerprint density at radius 2 is 2.06 bits per heavy atom. The molecule has 2 aromatic heterocycles. The fraction of sp³-hybridized carbons (Fsp3) is 0.375. The highest BCUT2D eigenvalue weighted by atomic mass is 35.5. The number of benzene rings is 1. The summed E-state index contributed by atoms with van der Waals surface area (Å²) in [6, 6.07) is 11.4. The minimum atomic E-state index is 0.0706. The van der Waals surface area contributed by atoms with Crippen molar-refractivity contribution in [3.63, 3.8) is 0 Å². The number of hydrogen-bond acceptors (Lipinski definition) is 4. The van der Waals surface area contributed by atoms with Crippen LogP contribution < -0.4 is 0 Å². The molecule has 1 aliphatic rings. The topological polar surface area (TPSA) is 60.2 Å². The molecule has 1 saturated heterocycles. The van der Waals surface area contributed by atoms with Gasteiger partial charge in [-0.25, -0.2) is 4.68 Å². The smallest absolute Gasteiger partial charge is 0.227 e. The van der Waals surface area contributed by atoms with E-state index in [1.165, 1.54) is 0 Å². The highest BCUT2D eigenvalue weighted by Gasteiger charge is 2.25. The van der Waals surface area contributed by atoms with Crippen LogP contribution in [0.3, 0.4) is 0 Å². The average molecular weight is 439 g/mol. The Balaban J connectivity index is 1.55. The van der Waals surface area contributed by atoms with Crippen molar-refractivity contribution in [1.82, 2.24) is 19.7 Å². The van der Waals surface area contributed by atoms with E-state index >= 15 is 0 Å². The van der Waals surface area contributed by atoms with Crippen LogP contribution >= 0.6 is 11.6 Å². The van der Waals surface area contributed by atoms with Crippen LogP contribution in [-0.2, 0) is 22.5 Å². The van der Waals surface area contributed by atoms with E-state index in [0.29, 0.717) is 24.5 Å². The number of aromatic nitrogens is 3. The molecule has 31 heavy (non-hydrogen) atoms. The van der Waals surface area contributed by atoms with Gasteiger partial charge in [0.1, 0.15) is 0 Å². The molecule has 0 N–H and O–H groups in total. The molecule has 6 nitrogen and oxygen atoms in total. The Morgan fingerprint density at radius 3 is 2.74 bits per heavy atom. The second-order valence-corrected chi connectivity index (χ2v) is 8.42. The second-order valence-electron chi connectivity index (χ2n) is 7.98. The van der Waals surface area contributed by atoms with E-state index in [1.54, 1.807) is 6.20 Å². The number of halogens is 1. The minimum absolute atomic E-state index is 0.0706.